The highest BCUT2D eigenvalue weighted by atomic mass is 16.5. The third kappa shape index (κ3) is 3.51. The third-order valence-corrected chi connectivity index (χ3v) is 2.78. The maximum Gasteiger partial charge on any atom is 0.131 e. The second-order valence-electron chi connectivity index (χ2n) is 4.30. The smallest absolute Gasteiger partial charge is 0.131 e. The number of methoxy groups -OCH3 is 1. The maximum atomic E-state index is 5.05. The van der Waals surface area contributed by atoms with Crippen molar-refractivity contribution in [1.29, 1.82) is 0 Å². The van der Waals surface area contributed by atoms with Gasteiger partial charge in [0.1, 0.15) is 11.6 Å². The molecular weight excluding hydrogens is 242 g/mol. The van der Waals surface area contributed by atoms with Gasteiger partial charge in [-0.1, -0.05) is 0 Å². The molecule has 0 atom stereocenters. The van der Waals surface area contributed by atoms with Gasteiger partial charge in [0, 0.05) is 52.1 Å². The quantitative estimate of drug-likeness (QED) is 0.798. The Bertz CT molecular complexity index is 538. The Morgan fingerprint density at radius 2 is 2.21 bits per heavy atom. The van der Waals surface area contributed by atoms with E-state index in [1.54, 1.807) is 18.0 Å². The molecule has 0 spiro atoms. The van der Waals surface area contributed by atoms with E-state index in [4.69, 9.17) is 4.74 Å². The summed E-state index contributed by atoms with van der Waals surface area (Å²) in [5, 5.41) is 7.23. The fourth-order valence-corrected chi connectivity index (χ4v) is 1.81. The molecule has 2 aromatic rings. The molecule has 0 amide bonds. The normalized spacial score (nSPS) is 10.7. The molecule has 0 saturated carbocycles. The van der Waals surface area contributed by atoms with Crippen LogP contribution in [0.5, 0.6) is 0 Å². The van der Waals surface area contributed by atoms with Crippen LogP contribution in [0.2, 0.25) is 0 Å². The summed E-state index contributed by atoms with van der Waals surface area (Å²) in [6.45, 7) is 0.718. The van der Waals surface area contributed by atoms with Gasteiger partial charge < -0.3 is 10.1 Å². The fraction of sp³-hybridized carbons (Fsp3) is 0.462. The van der Waals surface area contributed by atoms with Crippen LogP contribution in [0.25, 0.3) is 11.3 Å². The average molecular weight is 261 g/mol. The monoisotopic (exact) mass is 261 g/mol. The first-order valence-corrected chi connectivity index (χ1v) is 6.26. The van der Waals surface area contributed by atoms with Gasteiger partial charge in [-0.15, -0.1) is 0 Å². The molecule has 0 aromatic carbocycles. The second kappa shape index (κ2) is 6.29. The van der Waals surface area contributed by atoms with Crippen LogP contribution in [0.4, 0.5) is 5.82 Å². The number of aryl methyl sites for hydroxylation is 2. The molecule has 0 unspecified atom stereocenters. The van der Waals surface area contributed by atoms with E-state index < -0.39 is 0 Å². The topological polar surface area (TPSA) is 64.9 Å². The lowest BCUT2D eigenvalue weighted by molar-refractivity contribution is 0.194. The van der Waals surface area contributed by atoms with E-state index in [-0.39, 0.29) is 0 Å². The Kier molecular flexibility index (Phi) is 4.46. The molecule has 6 nitrogen and oxygen atoms in total. The van der Waals surface area contributed by atoms with E-state index in [0.29, 0.717) is 0 Å². The number of nitrogens with one attached hydrogen (secondary N) is 1. The minimum Gasteiger partial charge on any atom is -0.385 e. The van der Waals surface area contributed by atoms with E-state index >= 15 is 0 Å². The SMILES string of the molecule is CNc1cc(-c2cnn(C)c2)nc(CCCOC)n1. The Morgan fingerprint density at radius 1 is 1.37 bits per heavy atom. The van der Waals surface area contributed by atoms with E-state index in [2.05, 4.69) is 20.4 Å². The molecule has 1 N–H and O–H groups in total. The van der Waals surface area contributed by atoms with Crippen LogP contribution in [0.1, 0.15) is 12.2 Å². The third-order valence-electron chi connectivity index (χ3n) is 2.78. The summed E-state index contributed by atoms with van der Waals surface area (Å²) in [5.74, 6) is 1.64. The van der Waals surface area contributed by atoms with Crippen molar-refractivity contribution in [3.8, 4) is 11.3 Å². The Morgan fingerprint density at radius 3 is 2.84 bits per heavy atom. The summed E-state index contributed by atoms with van der Waals surface area (Å²) in [7, 11) is 5.45. The molecule has 2 rings (SSSR count). The number of hydrogen-bond acceptors (Lipinski definition) is 5. The van der Waals surface area contributed by atoms with Crippen molar-refractivity contribution in [2.75, 3.05) is 26.1 Å². The molecule has 0 aliphatic carbocycles. The van der Waals surface area contributed by atoms with Crippen LogP contribution in [-0.4, -0.2) is 40.5 Å². The first-order chi connectivity index (χ1) is 9.22. The number of rotatable bonds is 6. The lowest BCUT2D eigenvalue weighted by Gasteiger charge is -2.06. The predicted molar refractivity (Wildman–Crippen MR) is 74.0 cm³/mol. The minimum absolute atomic E-state index is 0.718. The van der Waals surface area contributed by atoms with E-state index in [0.717, 1.165) is 42.3 Å². The van der Waals surface area contributed by atoms with Crippen molar-refractivity contribution in [3.05, 3.63) is 24.3 Å². The highest BCUT2D eigenvalue weighted by molar-refractivity contribution is 5.60. The molecule has 0 saturated heterocycles. The summed E-state index contributed by atoms with van der Waals surface area (Å²) < 4.78 is 6.82. The number of ether oxygens (including phenoxy) is 1. The zero-order valence-electron chi connectivity index (χ0n) is 11.6. The predicted octanol–water partition coefficient (Wildman–Crippen LogP) is 1.50. The zero-order chi connectivity index (χ0) is 13.7. The van der Waals surface area contributed by atoms with Crippen molar-refractivity contribution >= 4 is 5.82 Å². The first-order valence-electron chi connectivity index (χ1n) is 6.26. The average Bonchev–Trinajstić information content (AvgIpc) is 2.85. The van der Waals surface area contributed by atoms with Crippen LogP contribution < -0.4 is 5.32 Å². The summed E-state index contributed by atoms with van der Waals surface area (Å²) >= 11 is 0. The molecule has 0 radical (unpaired) electrons. The Labute approximate surface area is 112 Å². The van der Waals surface area contributed by atoms with E-state index in [1.165, 1.54) is 0 Å². The zero-order valence-corrected chi connectivity index (χ0v) is 11.6. The number of aromatic nitrogens is 4. The van der Waals surface area contributed by atoms with Gasteiger partial charge in [-0.05, 0) is 6.42 Å². The first kappa shape index (κ1) is 13.5. The molecule has 2 heterocycles. The molecule has 0 aliphatic heterocycles. The van der Waals surface area contributed by atoms with Gasteiger partial charge >= 0.3 is 0 Å². The molecule has 0 fully saturated rings. The Balaban J connectivity index is 2.25. The maximum absolute atomic E-state index is 5.05. The Hall–Kier alpha value is -1.95. The number of nitrogens with zero attached hydrogens (tertiary/aromatic N) is 4. The van der Waals surface area contributed by atoms with Gasteiger partial charge in [-0.2, -0.15) is 5.10 Å². The minimum atomic E-state index is 0.718. The summed E-state index contributed by atoms with van der Waals surface area (Å²) in [6, 6.07) is 1.93. The van der Waals surface area contributed by atoms with Crippen LogP contribution in [0.15, 0.2) is 18.5 Å². The van der Waals surface area contributed by atoms with Gasteiger partial charge in [0.05, 0.1) is 11.9 Å². The second-order valence-corrected chi connectivity index (χ2v) is 4.30. The van der Waals surface area contributed by atoms with Gasteiger partial charge in [-0.3, -0.25) is 4.68 Å². The fourth-order valence-electron chi connectivity index (χ4n) is 1.81. The molecule has 2 aromatic heterocycles. The van der Waals surface area contributed by atoms with Gasteiger partial charge in [-0.25, -0.2) is 9.97 Å². The molecule has 6 heteroatoms. The van der Waals surface area contributed by atoms with Crippen LogP contribution in [0.3, 0.4) is 0 Å². The molecule has 19 heavy (non-hydrogen) atoms. The van der Waals surface area contributed by atoms with E-state index in [9.17, 15) is 0 Å². The van der Waals surface area contributed by atoms with Crippen molar-refractivity contribution in [2.24, 2.45) is 7.05 Å². The van der Waals surface area contributed by atoms with Crippen molar-refractivity contribution < 1.29 is 4.74 Å². The lowest BCUT2D eigenvalue weighted by atomic mass is 10.2. The number of anilines is 1. The number of hydrogen-bond donors (Lipinski definition) is 1. The molecular formula is C13H19N5O. The van der Waals surface area contributed by atoms with Crippen molar-refractivity contribution in [1.82, 2.24) is 19.7 Å². The largest absolute Gasteiger partial charge is 0.385 e. The van der Waals surface area contributed by atoms with Gasteiger partial charge in [0.15, 0.2) is 0 Å². The van der Waals surface area contributed by atoms with Gasteiger partial charge in [0.2, 0.25) is 0 Å². The van der Waals surface area contributed by atoms with E-state index in [1.807, 2.05) is 26.4 Å². The molecule has 0 aliphatic rings. The van der Waals surface area contributed by atoms with Crippen LogP contribution >= 0.6 is 0 Å². The standard InChI is InChI=1S/C13H19N5O/c1-14-13-7-11(10-8-15-18(2)9-10)16-12(17-13)5-4-6-19-3/h7-9H,4-6H2,1-3H3,(H,14,16,17). The lowest BCUT2D eigenvalue weighted by Crippen LogP contribution is -2.03. The van der Waals surface area contributed by atoms with Gasteiger partial charge in [0.25, 0.3) is 0 Å². The molecule has 102 valence electrons. The van der Waals surface area contributed by atoms with Crippen LogP contribution in [-0.2, 0) is 18.2 Å². The summed E-state index contributed by atoms with van der Waals surface area (Å²) in [6.07, 6.45) is 5.47. The summed E-state index contributed by atoms with van der Waals surface area (Å²) in [4.78, 5) is 9.03. The molecule has 0 bridgehead atoms. The highest BCUT2D eigenvalue weighted by Crippen LogP contribution is 2.19. The van der Waals surface area contributed by atoms with Crippen molar-refractivity contribution in [2.45, 2.75) is 12.8 Å². The summed E-state index contributed by atoms with van der Waals surface area (Å²) in [5.41, 5.74) is 1.88. The highest BCUT2D eigenvalue weighted by Gasteiger charge is 2.07. The van der Waals surface area contributed by atoms with Crippen LogP contribution in [0, 0.1) is 0 Å². The van der Waals surface area contributed by atoms with Crippen molar-refractivity contribution in [3.63, 3.8) is 0 Å².